The van der Waals surface area contributed by atoms with E-state index >= 15 is 0 Å². The molecule has 2 rings (SSSR count). The van der Waals surface area contributed by atoms with E-state index in [0.717, 1.165) is 0 Å². The number of hydrogen-bond donors (Lipinski definition) is 8. The lowest BCUT2D eigenvalue weighted by Crippen LogP contribution is -2.64. The summed E-state index contributed by atoms with van der Waals surface area (Å²) in [4.78, 5) is 0. The van der Waals surface area contributed by atoms with Crippen LogP contribution in [0, 0.1) is 0 Å². The molecule has 6 unspecified atom stereocenters. The van der Waals surface area contributed by atoms with E-state index in [0.29, 0.717) is 0 Å². The lowest BCUT2D eigenvalue weighted by Gasteiger charge is -2.45. The van der Waals surface area contributed by atoms with Crippen molar-refractivity contribution in [2.45, 2.75) is 61.4 Å². The first-order valence-corrected chi connectivity index (χ1v) is 7.08. The van der Waals surface area contributed by atoms with Crippen molar-refractivity contribution in [3.05, 3.63) is 0 Å². The van der Waals surface area contributed by atoms with Crippen molar-refractivity contribution in [2.24, 2.45) is 0 Å². The van der Waals surface area contributed by atoms with Gasteiger partial charge in [-0.2, -0.15) is 0 Å². The van der Waals surface area contributed by atoms with E-state index in [2.05, 4.69) is 0 Å². The molecule has 0 spiro atoms. The van der Waals surface area contributed by atoms with Crippen LogP contribution in [0.2, 0.25) is 0 Å². The molecule has 2 aliphatic rings. The van der Waals surface area contributed by atoms with Crippen LogP contribution >= 0.6 is 0 Å². The Morgan fingerprint density at radius 2 is 1.22 bits per heavy atom. The quantitative estimate of drug-likeness (QED) is 0.243. The summed E-state index contributed by atoms with van der Waals surface area (Å²) < 4.78 is 15.1. The van der Waals surface area contributed by atoms with Gasteiger partial charge in [-0.25, -0.2) is 0 Å². The topological polar surface area (TPSA) is 190 Å². The molecule has 0 amide bonds. The summed E-state index contributed by atoms with van der Waals surface area (Å²) in [5.41, 5.74) is 0. The number of rotatable bonds is 4. The van der Waals surface area contributed by atoms with E-state index in [4.69, 9.17) is 24.4 Å². The fourth-order valence-corrected chi connectivity index (χ4v) is 2.56. The molecule has 0 saturated carbocycles. The van der Waals surface area contributed by atoms with Gasteiger partial charge in [0.05, 0.1) is 13.2 Å². The summed E-state index contributed by atoms with van der Waals surface area (Å²) in [5, 5.41) is 76.8. The fourth-order valence-electron chi connectivity index (χ4n) is 2.56. The molecule has 2 heterocycles. The summed E-state index contributed by atoms with van der Waals surface area (Å²) in [5.74, 6) is 0. The van der Waals surface area contributed by atoms with Gasteiger partial charge in [-0.1, -0.05) is 0 Å². The van der Waals surface area contributed by atoms with Gasteiger partial charge in [0, 0.05) is 0 Å². The van der Waals surface area contributed by atoms with E-state index in [-0.39, 0.29) is 0 Å². The Kier molecular flexibility index (Phi) is 6.27. The summed E-state index contributed by atoms with van der Waals surface area (Å²) in [6.45, 7) is -1.34. The molecule has 0 aromatic rings. The van der Waals surface area contributed by atoms with Gasteiger partial charge in [0.1, 0.15) is 48.8 Å². The number of ether oxygens (including phenoxy) is 3. The third-order valence-electron chi connectivity index (χ3n) is 3.98. The van der Waals surface area contributed by atoms with E-state index in [1.165, 1.54) is 0 Å². The standard InChI is InChI=1S/C12H22O11/c13-1-3-5(15)7(17)8(18)12(22-3)23-10-6(16)4(2-14)21-11(20)9(10)19/h3-20H,1-2H2/t3?,4?,5-,6-,7?,8?,9?,10?,11+,12+/m0/s1. The van der Waals surface area contributed by atoms with E-state index in [1.807, 2.05) is 0 Å². The molecule has 0 radical (unpaired) electrons. The summed E-state index contributed by atoms with van der Waals surface area (Å²) in [6.07, 6.45) is -15.7. The van der Waals surface area contributed by atoms with Crippen LogP contribution in [0.15, 0.2) is 0 Å². The highest BCUT2D eigenvalue weighted by Crippen LogP contribution is 2.28. The molecule has 136 valence electrons. The third kappa shape index (κ3) is 3.65. The average molecular weight is 342 g/mol. The zero-order valence-corrected chi connectivity index (χ0v) is 12.0. The smallest absolute Gasteiger partial charge is 0.187 e. The Bertz CT molecular complexity index is 380. The molecule has 0 aromatic heterocycles. The lowest BCUT2D eigenvalue weighted by molar-refractivity contribution is -0.355. The average Bonchev–Trinajstić information content (AvgIpc) is 2.54. The van der Waals surface area contributed by atoms with Crippen LogP contribution in [0.5, 0.6) is 0 Å². The second kappa shape index (κ2) is 7.63. The van der Waals surface area contributed by atoms with Gasteiger partial charge in [-0.3, -0.25) is 0 Å². The van der Waals surface area contributed by atoms with E-state index < -0.39 is 74.6 Å². The zero-order chi connectivity index (χ0) is 17.3. The van der Waals surface area contributed by atoms with Crippen molar-refractivity contribution in [1.82, 2.24) is 0 Å². The minimum Gasteiger partial charge on any atom is -0.394 e. The van der Waals surface area contributed by atoms with Gasteiger partial charge in [-0.05, 0) is 0 Å². The second-order valence-electron chi connectivity index (χ2n) is 5.53. The molecule has 8 N–H and O–H groups in total. The Labute approximate surface area is 130 Å². The minimum absolute atomic E-state index is 0.667. The number of aliphatic hydroxyl groups excluding tert-OH is 8. The first-order valence-electron chi connectivity index (χ1n) is 7.08. The van der Waals surface area contributed by atoms with Crippen molar-refractivity contribution in [1.29, 1.82) is 0 Å². The Morgan fingerprint density at radius 3 is 1.78 bits per heavy atom. The molecule has 23 heavy (non-hydrogen) atoms. The Balaban J connectivity index is 2.11. The van der Waals surface area contributed by atoms with Crippen LogP contribution in [-0.2, 0) is 14.2 Å². The second-order valence-corrected chi connectivity index (χ2v) is 5.53. The molecule has 11 nitrogen and oxygen atoms in total. The van der Waals surface area contributed by atoms with Crippen molar-refractivity contribution < 1.29 is 55.1 Å². The van der Waals surface area contributed by atoms with Crippen LogP contribution in [-0.4, -0.2) is 115 Å². The van der Waals surface area contributed by atoms with Crippen molar-refractivity contribution >= 4 is 0 Å². The van der Waals surface area contributed by atoms with E-state index in [9.17, 15) is 30.6 Å². The number of aliphatic hydroxyl groups is 8. The highest BCUT2D eigenvalue weighted by molar-refractivity contribution is 4.93. The Morgan fingerprint density at radius 1 is 0.652 bits per heavy atom. The lowest BCUT2D eigenvalue weighted by atomic mass is 9.97. The predicted octanol–water partition coefficient (Wildman–Crippen LogP) is -5.40. The van der Waals surface area contributed by atoms with Crippen molar-refractivity contribution in [3.8, 4) is 0 Å². The fraction of sp³-hybridized carbons (Fsp3) is 1.00. The highest BCUT2D eigenvalue weighted by atomic mass is 16.7. The summed E-state index contributed by atoms with van der Waals surface area (Å²) in [6, 6.07) is 0. The number of hydrogen-bond acceptors (Lipinski definition) is 11. The van der Waals surface area contributed by atoms with Crippen LogP contribution in [0.3, 0.4) is 0 Å². The van der Waals surface area contributed by atoms with Crippen molar-refractivity contribution in [2.75, 3.05) is 13.2 Å². The normalized spacial score (nSPS) is 51.7. The molecule has 2 fully saturated rings. The maximum absolute atomic E-state index is 10.00. The molecule has 0 aliphatic carbocycles. The zero-order valence-electron chi connectivity index (χ0n) is 12.0. The van der Waals surface area contributed by atoms with Crippen molar-refractivity contribution in [3.63, 3.8) is 0 Å². The van der Waals surface area contributed by atoms with Crippen LogP contribution in [0.4, 0.5) is 0 Å². The molecule has 10 atom stereocenters. The first kappa shape index (κ1) is 18.9. The van der Waals surface area contributed by atoms with Gasteiger partial charge in [0.15, 0.2) is 12.6 Å². The van der Waals surface area contributed by atoms with Gasteiger partial charge in [-0.15, -0.1) is 0 Å². The summed E-state index contributed by atoms with van der Waals surface area (Å²) >= 11 is 0. The molecule has 11 heteroatoms. The maximum atomic E-state index is 10.00. The molecule has 0 bridgehead atoms. The summed E-state index contributed by atoms with van der Waals surface area (Å²) in [7, 11) is 0. The highest BCUT2D eigenvalue weighted by Gasteiger charge is 2.50. The monoisotopic (exact) mass is 342 g/mol. The molecular formula is C12H22O11. The van der Waals surface area contributed by atoms with Crippen LogP contribution in [0.25, 0.3) is 0 Å². The third-order valence-corrected chi connectivity index (χ3v) is 3.98. The first-order chi connectivity index (χ1) is 10.8. The SMILES string of the molecule is OCC1O[C@H](OC2C(O)[C@H](O)OC(CO)[C@@H]2O)C(O)C(O)[C@H]1O. The van der Waals surface area contributed by atoms with Gasteiger partial charge in [0.25, 0.3) is 0 Å². The predicted molar refractivity (Wildman–Crippen MR) is 68.6 cm³/mol. The van der Waals surface area contributed by atoms with Gasteiger partial charge < -0.3 is 55.1 Å². The minimum atomic E-state index is -1.76. The molecule has 0 aromatic carbocycles. The van der Waals surface area contributed by atoms with Crippen LogP contribution in [0.1, 0.15) is 0 Å². The maximum Gasteiger partial charge on any atom is 0.187 e. The molecular weight excluding hydrogens is 320 g/mol. The van der Waals surface area contributed by atoms with Crippen LogP contribution < -0.4 is 0 Å². The van der Waals surface area contributed by atoms with Gasteiger partial charge >= 0.3 is 0 Å². The largest absolute Gasteiger partial charge is 0.394 e. The van der Waals surface area contributed by atoms with E-state index in [1.54, 1.807) is 0 Å². The Hall–Kier alpha value is -0.440. The molecule has 2 aliphatic heterocycles. The van der Waals surface area contributed by atoms with Gasteiger partial charge in [0.2, 0.25) is 0 Å². The molecule has 2 saturated heterocycles.